The van der Waals surface area contributed by atoms with Crippen LogP contribution in [0.25, 0.3) is 0 Å². The van der Waals surface area contributed by atoms with Crippen LogP contribution in [-0.2, 0) is 4.79 Å². The number of benzene rings is 2. The first kappa shape index (κ1) is 25.4. The standard InChI is InChI=1S/C24H32N8O/c1-3-23(33)29-19-8-5-7-18(15-19)22(11-12-25)31-24(28-17-27)30-20-9-6-10-21(16-20)32(4-2)14-13-26/h3,5-10,12,15-16,25H,1,4,11,13-14,17,26-27H2,2H3,(H,28,30)(H,29,33)/b25-12?,31-22+. The van der Waals surface area contributed by atoms with Crippen molar-refractivity contribution in [2.75, 3.05) is 41.8 Å². The van der Waals surface area contributed by atoms with Gasteiger partial charge in [-0.15, -0.1) is 0 Å². The lowest BCUT2D eigenvalue weighted by Crippen LogP contribution is -2.29. The number of hydrogen-bond donors (Lipinski definition) is 5. The largest absolute Gasteiger partial charge is 0.370 e. The van der Waals surface area contributed by atoms with E-state index < -0.39 is 0 Å². The lowest BCUT2D eigenvalue weighted by atomic mass is 10.1. The number of nitrogens with zero attached hydrogens (tertiary/aromatic N) is 3. The second-order valence-electron chi connectivity index (χ2n) is 6.95. The van der Waals surface area contributed by atoms with E-state index in [0.29, 0.717) is 23.9 Å². The third-order valence-electron chi connectivity index (χ3n) is 4.67. The number of nitrogens with two attached hydrogens (primary N) is 2. The average molecular weight is 449 g/mol. The first-order chi connectivity index (χ1) is 16.0. The highest BCUT2D eigenvalue weighted by Gasteiger charge is 2.09. The number of likely N-dealkylation sites (N-methyl/N-ethyl adjacent to an activating group) is 1. The van der Waals surface area contributed by atoms with E-state index >= 15 is 0 Å². The zero-order valence-electron chi connectivity index (χ0n) is 18.9. The molecule has 1 amide bonds. The van der Waals surface area contributed by atoms with Gasteiger partial charge in [0.1, 0.15) is 0 Å². The molecule has 2 aromatic carbocycles. The van der Waals surface area contributed by atoms with Gasteiger partial charge in [0.15, 0.2) is 0 Å². The number of guanidine groups is 1. The average Bonchev–Trinajstić information content (AvgIpc) is 2.82. The molecule has 7 N–H and O–H groups in total. The normalized spacial score (nSPS) is 11.6. The lowest BCUT2D eigenvalue weighted by Gasteiger charge is -2.23. The summed E-state index contributed by atoms with van der Waals surface area (Å²) >= 11 is 0. The Balaban J connectivity index is 2.35. The maximum absolute atomic E-state index is 11.6. The van der Waals surface area contributed by atoms with Crippen LogP contribution in [0, 0.1) is 5.41 Å². The Morgan fingerprint density at radius 2 is 1.88 bits per heavy atom. The molecule has 9 heteroatoms. The topological polar surface area (TPSA) is 145 Å². The monoisotopic (exact) mass is 448 g/mol. The van der Waals surface area contributed by atoms with E-state index in [9.17, 15) is 4.79 Å². The summed E-state index contributed by atoms with van der Waals surface area (Å²) in [5.74, 6) is 0.0225. The van der Waals surface area contributed by atoms with Gasteiger partial charge in [-0.2, -0.15) is 0 Å². The summed E-state index contributed by atoms with van der Waals surface area (Å²) in [4.78, 5) is 22.8. The summed E-state index contributed by atoms with van der Waals surface area (Å²) < 4.78 is 0. The number of carbonyl (C=O) groups is 1. The quantitative estimate of drug-likeness (QED) is 0.204. The summed E-state index contributed by atoms with van der Waals surface area (Å²) in [5, 5.41) is 13.5. The minimum absolute atomic E-state index is 0.0487. The van der Waals surface area contributed by atoms with Crippen molar-refractivity contribution in [3.63, 3.8) is 0 Å². The van der Waals surface area contributed by atoms with Crippen LogP contribution in [0.1, 0.15) is 18.9 Å². The number of rotatable bonds is 11. The Hall–Kier alpha value is -3.82. The van der Waals surface area contributed by atoms with Gasteiger partial charge in [0, 0.05) is 49.3 Å². The van der Waals surface area contributed by atoms with Gasteiger partial charge in [-0.25, -0.2) is 9.98 Å². The van der Waals surface area contributed by atoms with Crippen molar-refractivity contribution in [3.05, 3.63) is 66.7 Å². The highest BCUT2D eigenvalue weighted by Crippen LogP contribution is 2.20. The molecule has 2 rings (SSSR count). The molecule has 174 valence electrons. The number of aliphatic imine (C=N–C) groups is 2. The molecule has 9 nitrogen and oxygen atoms in total. The van der Waals surface area contributed by atoms with E-state index in [1.807, 2.05) is 30.3 Å². The Morgan fingerprint density at radius 3 is 2.52 bits per heavy atom. The van der Waals surface area contributed by atoms with Crippen molar-refractivity contribution < 1.29 is 4.79 Å². The van der Waals surface area contributed by atoms with Gasteiger partial charge in [-0.1, -0.05) is 24.8 Å². The molecule has 0 aliphatic heterocycles. The fourth-order valence-electron chi connectivity index (χ4n) is 3.15. The molecule has 0 aromatic heterocycles. The van der Waals surface area contributed by atoms with Crippen LogP contribution in [0.15, 0.2) is 71.2 Å². The first-order valence-corrected chi connectivity index (χ1v) is 10.7. The molecular weight excluding hydrogens is 416 g/mol. The van der Waals surface area contributed by atoms with E-state index in [4.69, 9.17) is 16.9 Å². The second kappa shape index (κ2) is 13.6. The third-order valence-corrected chi connectivity index (χ3v) is 4.67. The highest BCUT2D eigenvalue weighted by molar-refractivity contribution is 6.14. The highest BCUT2D eigenvalue weighted by atomic mass is 16.1. The maximum Gasteiger partial charge on any atom is 0.247 e. The summed E-state index contributed by atoms with van der Waals surface area (Å²) in [6, 6.07) is 15.1. The van der Waals surface area contributed by atoms with E-state index in [1.165, 1.54) is 12.3 Å². The van der Waals surface area contributed by atoms with Crippen LogP contribution in [-0.4, -0.2) is 50.1 Å². The van der Waals surface area contributed by atoms with Gasteiger partial charge in [0.2, 0.25) is 11.9 Å². The minimum Gasteiger partial charge on any atom is -0.370 e. The Morgan fingerprint density at radius 1 is 1.15 bits per heavy atom. The van der Waals surface area contributed by atoms with Crippen LogP contribution >= 0.6 is 0 Å². The molecule has 0 bridgehead atoms. The zero-order valence-corrected chi connectivity index (χ0v) is 18.9. The number of hydrogen-bond acceptors (Lipinski definition) is 6. The molecule has 0 aliphatic carbocycles. The molecule has 0 saturated heterocycles. The van der Waals surface area contributed by atoms with Gasteiger partial charge in [0.05, 0.1) is 12.4 Å². The van der Waals surface area contributed by atoms with Crippen LogP contribution < -0.4 is 27.0 Å². The predicted octanol–water partition coefficient (Wildman–Crippen LogP) is 2.81. The zero-order chi connectivity index (χ0) is 24.1. The number of anilines is 3. The van der Waals surface area contributed by atoms with Crippen molar-refractivity contribution in [3.8, 4) is 0 Å². The Kier molecular flexibility index (Phi) is 10.5. The van der Waals surface area contributed by atoms with Crippen molar-refractivity contribution in [2.45, 2.75) is 13.3 Å². The van der Waals surface area contributed by atoms with Gasteiger partial charge >= 0.3 is 0 Å². The summed E-state index contributed by atoms with van der Waals surface area (Å²) in [6.45, 7) is 7.75. The third kappa shape index (κ3) is 7.99. The molecule has 0 spiro atoms. The maximum atomic E-state index is 11.6. The van der Waals surface area contributed by atoms with E-state index in [-0.39, 0.29) is 19.0 Å². The van der Waals surface area contributed by atoms with Crippen LogP contribution in [0.4, 0.5) is 17.1 Å². The van der Waals surface area contributed by atoms with Crippen molar-refractivity contribution in [1.82, 2.24) is 0 Å². The molecule has 2 aromatic rings. The second-order valence-corrected chi connectivity index (χ2v) is 6.95. The molecule has 0 atom stereocenters. The van der Waals surface area contributed by atoms with Gasteiger partial charge in [0.25, 0.3) is 0 Å². The fourth-order valence-corrected chi connectivity index (χ4v) is 3.15. The number of carbonyl (C=O) groups excluding carboxylic acids is 1. The van der Waals surface area contributed by atoms with Gasteiger partial charge in [-0.3, -0.25) is 4.79 Å². The predicted molar refractivity (Wildman–Crippen MR) is 139 cm³/mol. The van der Waals surface area contributed by atoms with Crippen molar-refractivity contribution >= 4 is 40.9 Å². The lowest BCUT2D eigenvalue weighted by molar-refractivity contribution is -0.111. The van der Waals surface area contributed by atoms with Gasteiger partial charge < -0.3 is 32.4 Å². The molecule has 0 aliphatic rings. The molecule has 33 heavy (non-hydrogen) atoms. The van der Waals surface area contributed by atoms with Crippen LogP contribution in [0.3, 0.4) is 0 Å². The Bertz CT molecular complexity index is 1020. The first-order valence-electron chi connectivity index (χ1n) is 10.7. The molecule has 0 unspecified atom stereocenters. The summed E-state index contributed by atoms with van der Waals surface area (Å²) in [6.07, 6.45) is 2.75. The van der Waals surface area contributed by atoms with E-state index in [2.05, 4.69) is 39.0 Å². The smallest absolute Gasteiger partial charge is 0.247 e. The fraction of sp³-hybridized carbons (Fsp3) is 0.250. The minimum atomic E-state index is -0.305. The van der Waals surface area contributed by atoms with Crippen LogP contribution in [0.2, 0.25) is 0 Å². The molecule has 0 fully saturated rings. The molecule has 0 heterocycles. The summed E-state index contributed by atoms with van der Waals surface area (Å²) in [5.41, 5.74) is 15.2. The summed E-state index contributed by atoms with van der Waals surface area (Å²) in [7, 11) is 0. The van der Waals surface area contributed by atoms with Gasteiger partial charge in [-0.05, 0) is 48.9 Å². The van der Waals surface area contributed by atoms with E-state index in [0.717, 1.165) is 30.0 Å². The Labute approximate surface area is 194 Å². The molecule has 0 saturated carbocycles. The SMILES string of the molecule is C=CC(=O)Nc1cccc(/C(CC=N)=N/C(=N\CN)Nc2cccc(N(CC)CCN)c2)c1. The van der Waals surface area contributed by atoms with E-state index in [1.54, 1.807) is 18.2 Å². The number of nitrogens with one attached hydrogen (secondary N) is 3. The van der Waals surface area contributed by atoms with Crippen LogP contribution in [0.5, 0.6) is 0 Å². The van der Waals surface area contributed by atoms with Crippen molar-refractivity contribution in [1.29, 1.82) is 5.41 Å². The molecule has 0 radical (unpaired) electrons. The number of amides is 1. The molecular formula is C24H32N8O. The van der Waals surface area contributed by atoms with Crippen molar-refractivity contribution in [2.24, 2.45) is 21.5 Å².